The molecule has 6 nitrogen and oxygen atoms in total. The summed E-state index contributed by atoms with van der Waals surface area (Å²) in [6.45, 7) is 5.81. The second-order valence-corrected chi connectivity index (χ2v) is 7.07. The first-order valence-electron chi connectivity index (χ1n) is 8.01. The van der Waals surface area contributed by atoms with E-state index >= 15 is 0 Å². The van der Waals surface area contributed by atoms with Crippen molar-refractivity contribution < 1.29 is 19.1 Å². The molecule has 130 valence electrons. The van der Waals surface area contributed by atoms with Gasteiger partial charge in [-0.25, -0.2) is 4.79 Å². The average molecular weight is 332 g/mol. The number of carbonyl (C=O) groups excluding carboxylic acids is 3. The van der Waals surface area contributed by atoms with Crippen molar-refractivity contribution >= 4 is 17.9 Å². The van der Waals surface area contributed by atoms with Crippen LogP contribution in [0.25, 0.3) is 0 Å². The number of likely N-dealkylation sites (tertiary alicyclic amines) is 1. The summed E-state index contributed by atoms with van der Waals surface area (Å²) in [5.41, 5.74) is 1.42. The minimum absolute atomic E-state index is 0.115. The standard InChI is InChI=1S/C18H24N2O4/c1-18(2,3)24-17(23)19-11-13-7-5-12(6-8-13)9-14-10-15(21)20(4)16(14)22/h5-8,14H,9-11H2,1-4H3,(H,19,23). The summed E-state index contributed by atoms with van der Waals surface area (Å²) < 4.78 is 5.18. The summed E-state index contributed by atoms with van der Waals surface area (Å²) in [5, 5.41) is 2.70. The van der Waals surface area contributed by atoms with Gasteiger partial charge in [0, 0.05) is 20.0 Å². The third kappa shape index (κ3) is 4.81. The molecule has 1 heterocycles. The number of rotatable bonds is 4. The Bertz CT molecular complexity index is 631. The summed E-state index contributed by atoms with van der Waals surface area (Å²) in [5.74, 6) is -0.507. The van der Waals surface area contributed by atoms with Crippen LogP contribution in [0.1, 0.15) is 38.3 Å². The first kappa shape index (κ1) is 18.0. The Morgan fingerprint density at radius 3 is 2.29 bits per heavy atom. The van der Waals surface area contributed by atoms with Crippen molar-refractivity contribution in [1.82, 2.24) is 10.2 Å². The van der Waals surface area contributed by atoms with Gasteiger partial charge in [-0.1, -0.05) is 24.3 Å². The maximum absolute atomic E-state index is 11.9. The molecule has 1 aliphatic rings. The van der Waals surface area contributed by atoms with Gasteiger partial charge in [-0.2, -0.15) is 0 Å². The smallest absolute Gasteiger partial charge is 0.407 e. The molecule has 3 amide bonds. The highest BCUT2D eigenvalue weighted by Crippen LogP contribution is 2.22. The second kappa shape index (κ2) is 7.03. The zero-order valence-electron chi connectivity index (χ0n) is 14.6. The maximum atomic E-state index is 11.9. The number of ether oxygens (including phenoxy) is 1. The number of hydrogen-bond donors (Lipinski definition) is 1. The second-order valence-electron chi connectivity index (χ2n) is 7.07. The summed E-state index contributed by atoms with van der Waals surface area (Å²) in [6, 6.07) is 7.64. The van der Waals surface area contributed by atoms with Crippen molar-refractivity contribution in [1.29, 1.82) is 0 Å². The van der Waals surface area contributed by atoms with Crippen LogP contribution in [0.5, 0.6) is 0 Å². The molecule has 1 atom stereocenters. The van der Waals surface area contributed by atoms with Crippen molar-refractivity contribution in [2.45, 2.75) is 45.8 Å². The normalized spacial score (nSPS) is 18.0. The fourth-order valence-corrected chi connectivity index (χ4v) is 2.56. The van der Waals surface area contributed by atoms with Gasteiger partial charge in [0.05, 0.1) is 5.92 Å². The Hall–Kier alpha value is -2.37. The molecule has 0 aliphatic carbocycles. The molecule has 2 rings (SSSR count). The minimum atomic E-state index is -0.521. The van der Waals surface area contributed by atoms with E-state index in [1.54, 1.807) is 0 Å². The molecule has 0 aromatic heterocycles. The maximum Gasteiger partial charge on any atom is 0.407 e. The predicted molar refractivity (Wildman–Crippen MR) is 89.1 cm³/mol. The van der Waals surface area contributed by atoms with Crippen molar-refractivity contribution in [2.24, 2.45) is 5.92 Å². The van der Waals surface area contributed by atoms with Crippen LogP contribution in [-0.2, 0) is 27.3 Å². The van der Waals surface area contributed by atoms with Crippen molar-refractivity contribution in [3.63, 3.8) is 0 Å². The number of nitrogens with zero attached hydrogens (tertiary/aromatic N) is 1. The lowest BCUT2D eigenvalue weighted by Gasteiger charge is -2.19. The Kier molecular flexibility index (Phi) is 5.26. The Balaban J connectivity index is 1.86. The molecule has 1 fully saturated rings. The van der Waals surface area contributed by atoms with E-state index in [4.69, 9.17) is 4.74 Å². The monoisotopic (exact) mass is 332 g/mol. The summed E-state index contributed by atoms with van der Waals surface area (Å²) >= 11 is 0. The number of carbonyl (C=O) groups is 3. The molecular weight excluding hydrogens is 308 g/mol. The van der Waals surface area contributed by atoms with Gasteiger partial charge in [-0.05, 0) is 38.3 Å². The Morgan fingerprint density at radius 2 is 1.79 bits per heavy atom. The van der Waals surface area contributed by atoms with Crippen molar-refractivity contribution in [2.75, 3.05) is 7.05 Å². The van der Waals surface area contributed by atoms with Gasteiger partial charge in [-0.3, -0.25) is 14.5 Å². The molecule has 0 bridgehead atoms. The molecule has 24 heavy (non-hydrogen) atoms. The number of amides is 3. The van der Waals surface area contributed by atoms with Crippen LogP contribution >= 0.6 is 0 Å². The van der Waals surface area contributed by atoms with Gasteiger partial charge in [-0.15, -0.1) is 0 Å². The molecule has 0 radical (unpaired) electrons. The number of alkyl carbamates (subject to hydrolysis) is 1. The predicted octanol–water partition coefficient (Wildman–Crippen LogP) is 2.26. The van der Waals surface area contributed by atoms with E-state index < -0.39 is 11.7 Å². The van der Waals surface area contributed by atoms with Gasteiger partial charge in [0.15, 0.2) is 0 Å². The van der Waals surface area contributed by atoms with E-state index in [0.29, 0.717) is 13.0 Å². The number of nitrogens with one attached hydrogen (secondary N) is 1. The SMILES string of the molecule is CN1C(=O)CC(Cc2ccc(CNC(=O)OC(C)(C)C)cc2)C1=O. The van der Waals surface area contributed by atoms with E-state index in [1.807, 2.05) is 45.0 Å². The molecule has 1 unspecified atom stereocenters. The van der Waals surface area contributed by atoms with E-state index in [9.17, 15) is 14.4 Å². The molecule has 1 aromatic carbocycles. The first-order valence-corrected chi connectivity index (χ1v) is 8.01. The van der Waals surface area contributed by atoms with Gasteiger partial charge >= 0.3 is 6.09 Å². The number of imide groups is 1. The lowest BCUT2D eigenvalue weighted by molar-refractivity contribution is -0.137. The summed E-state index contributed by atoms with van der Waals surface area (Å²) in [7, 11) is 1.52. The first-order chi connectivity index (χ1) is 11.2. The van der Waals surface area contributed by atoms with Crippen LogP contribution in [0.15, 0.2) is 24.3 Å². The summed E-state index contributed by atoms with van der Waals surface area (Å²) in [4.78, 5) is 36.3. The zero-order chi connectivity index (χ0) is 17.9. The molecule has 1 aromatic rings. The van der Waals surface area contributed by atoms with E-state index in [0.717, 1.165) is 11.1 Å². The quantitative estimate of drug-likeness (QED) is 0.858. The van der Waals surface area contributed by atoms with Crippen LogP contribution in [0.4, 0.5) is 4.79 Å². The molecule has 1 aliphatic heterocycles. The molecule has 0 spiro atoms. The third-order valence-electron chi connectivity index (χ3n) is 3.82. The zero-order valence-corrected chi connectivity index (χ0v) is 14.6. The molecule has 6 heteroatoms. The highest BCUT2D eigenvalue weighted by molar-refractivity contribution is 6.03. The van der Waals surface area contributed by atoms with Crippen LogP contribution in [0.2, 0.25) is 0 Å². The number of benzene rings is 1. The van der Waals surface area contributed by atoms with E-state index in [2.05, 4.69) is 5.32 Å². The highest BCUT2D eigenvalue weighted by Gasteiger charge is 2.35. The van der Waals surface area contributed by atoms with Crippen molar-refractivity contribution in [3.05, 3.63) is 35.4 Å². The molecular formula is C18H24N2O4. The van der Waals surface area contributed by atoms with E-state index in [1.165, 1.54) is 11.9 Å². The van der Waals surface area contributed by atoms with Gasteiger partial charge in [0.25, 0.3) is 0 Å². The van der Waals surface area contributed by atoms with Gasteiger partial charge < -0.3 is 10.1 Å². The Morgan fingerprint density at radius 1 is 1.21 bits per heavy atom. The summed E-state index contributed by atoms with van der Waals surface area (Å²) in [6.07, 6.45) is 0.371. The minimum Gasteiger partial charge on any atom is -0.444 e. The van der Waals surface area contributed by atoms with Crippen LogP contribution < -0.4 is 5.32 Å². The lowest BCUT2D eigenvalue weighted by atomic mass is 9.97. The van der Waals surface area contributed by atoms with Crippen LogP contribution in [-0.4, -0.2) is 35.5 Å². The van der Waals surface area contributed by atoms with Crippen LogP contribution in [0.3, 0.4) is 0 Å². The lowest BCUT2D eigenvalue weighted by Crippen LogP contribution is -2.32. The van der Waals surface area contributed by atoms with Crippen LogP contribution in [0, 0.1) is 5.92 Å². The average Bonchev–Trinajstić information content (AvgIpc) is 2.72. The third-order valence-corrected chi connectivity index (χ3v) is 3.82. The fraction of sp³-hybridized carbons (Fsp3) is 0.500. The fourth-order valence-electron chi connectivity index (χ4n) is 2.56. The largest absolute Gasteiger partial charge is 0.444 e. The molecule has 1 saturated heterocycles. The van der Waals surface area contributed by atoms with Crippen molar-refractivity contribution in [3.8, 4) is 0 Å². The molecule has 1 N–H and O–H groups in total. The Labute approximate surface area is 142 Å². The van der Waals surface area contributed by atoms with Gasteiger partial charge in [0.2, 0.25) is 11.8 Å². The highest BCUT2D eigenvalue weighted by atomic mass is 16.6. The van der Waals surface area contributed by atoms with Gasteiger partial charge in [0.1, 0.15) is 5.60 Å². The van der Waals surface area contributed by atoms with E-state index in [-0.39, 0.29) is 24.2 Å². The molecule has 0 saturated carbocycles. The topological polar surface area (TPSA) is 75.7 Å². The number of hydrogen-bond acceptors (Lipinski definition) is 4.